The number of nitrogens with one attached hydrogen (secondary N) is 1. The lowest BCUT2D eigenvalue weighted by atomic mass is 9.71. The van der Waals surface area contributed by atoms with Gasteiger partial charge in [-0.25, -0.2) is 0 Å². The number of hydrogen-bond acceptors (Lipinski definition) is 6. The number of para-hydroxylation sites is 1. The fraction of sp³-hybridized carbons (Fsp3) is 0.550. The van der Waals surface area contributed by atoms with Crippen molar-refractivity contribution in [3.05, 3.63) is 29.3 Å². The first kappa shape index (κ1) is 20.1. The molecule has 1 aromatic carbocycles. The second kappa shape index (κ2) is 7.59. The number of fused-ring (bicyclic) bond motifs is 1. The molecule has 8 nitrogen and oxygen atoms in total. The number of anilines is 1. The highest BCUT2D eigenvalue weighted by Gasteiger charge is 2.74. The molecule has 5 atom stereocenters. The van der Waals surface area contributed by atoms with Crippen LogP contribution in [0.2, 0.25) is 5.02 Å². The van der Waals surface area contributed by atoms with Crippen LogP contribution in [-0.2, 0) is 23.9 Å². The molecule has 4 rings (SSSR count). The zero-order valence-corrected chi connectivity index (χ0v) is 16.7. The van der Waals surface area contributed by atoms with Gasteiger partial charge in [-0.3, -0.25) is 14.4 Å². The van der Waals surface area contributed by atoms with Gasteiger partial charge in [-0.1, -0.05) is 23.7 Å². The van der Waals surface area contributed by atoms with Gasteiger partial charge in [0.05, 0.1) is 41.9 Å². The minimum absolute atomic E-state index is 0.0265. The Morgan fingerprint density at radius 3 is 2.86 bits per heavy atom. The molecule has 1 aromatic rings. The normalized spacial score (nSPS) is 32.4. The van der Waals surface area contributed by atoms with Gasteiger partial charge in [0.15, 0.2) is 0 Å². The number of aliphatic hydroxyl groups is 1. The Labute approximate surface area is 173 Å². The van der Waals surface area contributed by atoms with Crippen molar-refractivity contribution in [1.82, 2.24) is 4.90 Å². The van der Waals surface area contributed by atoms with E-state index in [9.17, 15) is 19.5 Å². The van der Waals surface area contributed by atoms with E-state index in [1.165, 1.54) is 4.90 Å². The molecule has 0 saturated carbocycles. The maximum atomic E-state index is 13.3. The van der Waals surface area contributed by atoms with E-state index in [4.69, 9.17) is 21.1 Å². The molecule has 156 valence electrons. The van der Waals surface area contributed by atoms with E-state index >= 15 is 0 Å². The predicted octanol–water partition coefficient (Wildman–Crippen LogP) is 1.21. The van der Waals surface area contributed by atoms with Crippen molar-refractivity contribution >= 4 is 35.1 Å². The molecule has 29 heavy (non-hydrogen) atoms. The molecular weight excluding hydrogens is 400 g/mol. The Morgan fingerprint density at radius 1 is 1.41 bits per heavy atom. The molecule has 3 saturated heterocycles. The third kappa shape index (κ3) is 3.01. The Morgan fingerprint density at radius 2 is 2.17 bits per heavy atom. The Kier molecular flexibility index (Phi) is 5.27. The van der Waals surface area contributed by atoms with Crippen molar-refractivity contribution in [1.29, 1.82) is 0 Å². The average Bonchev–Trinajstić information content (AvgIpc) is 3.32. The highest BCUT2D eigenvalue weighted by molar-refractivity contribution is 6.33. The van der Waals surface area contributed by atoms with Crippen molar-refractivity contribution in [3.63, 3.8) is 0 Å². The van der Waals surface area contributed by atoms with Gasteiger partial charge in [-0.2, -0.15) is 0 Å². The molecule has 0 aromatic heterocycles. The lowest BCUT2D eigenvalue weighted by Gasteiger charge is -2.33. The van der Waals surface area contributed by atoms with Gasteiger partial charge in [0.25, 0.3) is 0 Å². The third-order valence-corrected chi connectivity index (χ3v) is 6.41. The fourth-order valence-corrected chi connectivity index (χ4v) is 5.25. The molecular formula is C20H23ClN2O6. The van der Waals surface area contributed by atoms with Gasteiger partial charge >= 0.3 is 5.97 Å². The number of hydrogen-bond donors (Lipinski definition) is 2. The van der Waals surface area contributed by atoms with Crippen molar-refractivity contribution in [2.24, 2.45) is 11.8 Å². The number of esters is 1. The van der Waals surface area contributed by atoms with Crippen molar-refractivity contribution in [2.75, 3.05) is 25.1 Å². The summed E-state index contributed by atoms with van der Waals surface area (Å²) in [7, 11) is 0. The molecule has 3 aliphatic heterocycles. The van der Waals surface area contributed by atoms with Crippen LogP contribution in [-0.4, -0.2) is 65.3 Å². The molecule has 2 bridgehead atoms. The van der Waals surface area contributed by atoms with Gasteiger partial charge in [0.2, 0.25) is 11.8 Å². The third-order valence-electron chi connectivity index (χ3n) is 6.08. The van der Waals surface area contributed by atoms with E-state index < -0.39 is 41.5 Å². The smallest absolute Gasteiger partial charge is 0.312 e. The summed E-state index contributed by atoms with van der Waals surface area (Å²) in [5.41, 5.74) is -0.690. The number of amides is 2. The topological polar surface area (TPSA) is 105 Å². The van der Waals surface area contributed by atoms with E-state index in [2.05, 4.69) is 5.32 Å². The summed E-state index contributed by atoms with van der Waals surface area (Å²) < 4.78 is 11.4. The van der Waals surface area contributed by atoms with Crippen molar-refractivity contribution < 1.29 is 29.0 Å². The van der Waals surface area contributed by atoms with E-state index in [0.717, 1.165) is 0 Å². The molecule has 1 spiro atoms. The van der Waals surface area contributed by atoms with E-state index in [1.54, 1.807) is 31.2 Å². The quantitative estimate of drug-likeness (QED) is 0.667. The monoisotopic (exact) mass is 422 g/mol. The minimum Gasteiger partial charge on any atom is -0.466 e. The number of carbonyl (C=O) groups is 3. The number of carbonyl (C=O) groups excluding carboxylic acids is 3. The zero-order valence-electron chi connectivity index (χ0n) is 16.0. The van der Waals surface area contributed by atoms with Crippen LogP contribution in [0.3, 0.4) is 0 Å². The number of aliphatic hydroxyl groups excluding tert-OH is 1. The summed E-state index contributed by atoms with van der Waals surface area (Å²) in [6, 6.07) is 5.83. The molecule has 2 amide bonds. The van der Waals surface area contributed by atoms with Crippen molar-refractivity contribution in [3.8, 4) is 0 Å². The van der Waals surface area contributed by atoms with Crippen molar-refractivity contribution in [2.45, 2.75) is 37.5 Å². The number of halogens is 1. The van der Waals surface area contributed by atoms with Gasteiger partial charge in [-0.15, -0.1) is 0 Å². The highest BCUT2D eigenvalue weighted by atomic mass is 35.5. The summed E-state index contributed by atoms with van der Waals surface area (Å²) >= 11 is 6.16. The average molecular weight is 423 g/mol. The van der Waals surface area contributed by atoms with Gasteiger partial charge in [0, 0.05) is 6.54 Å². The number of ether oxygens (including phenoxy) is 2. The van der Waals surface area contributed by atoms with Crippen LogP contribution in [0.25, 0.3) is 0 Å². The fourth-order valence-electron chi connectivity index (χ4n) is 5.07. The number of likely N-dealkylation sites (tertiary alicyclic amines) is 1. The van der Waals surface area contributed by atoms with Crippen LogP contribution in [0.1, 0.15) is 19.8 Å². The number of β-amino-alcohol motifs (C(OH)–C–C–N with tert-alkyl or cyclic N) is 1. The first-order valence-electron chi connectivity index (χ1n) is 9.75. The Bertz CT molecular complexity index is 848. The molecule has 0 aliphatic carbocycles. The molecule has 3 aliphatic rings. The maximum Gasteiger partial charge on any atom is 0.312 e. The lowest BCUT2D eigenvalue weighted by Crippen LogP contribution is -2.53. The van der Waals surface area contributed by atoms with E-state index in [1.807, 2.05) is 0 Å². The molecule has 2 N–H and O–H groups in total. The second-order valence-electron chi connectivity index (χ2n) is 7.53. The predicted molar refractivity (Wildman–Crippen MR) is 103 cm³/mol. The summed E-state index contributed by atoms with van der Waals surface area (Å²) in [5, 5.41) is 12.6. The van der Waals surface area contributed by atoms with Crippen LogP contribution in [0.15, 0.2) is 24.3 Å². The zero-order chi connectivity index (χ0) is 20.8. The molecule has 9 heteroatoms. The molecule has 2 unspecified atom stereocenters. The minimum atomic E-state index is -1.11. The van der Waals surface area contributed by atoms with Crippen LogP contribution in [0.5, 0.6) is 0 Å². The maximum absolute atomic E-state index is 13.3. The Hall–Kier alpha value is -2.16. The largest absolute Gasteiger partial charge is 0.466 e. The Balaban J connectivity index is 1.69. The number of rotatable bonds is 6. The summed E-state index contributed by atoms with van der Waals surface area (Å²) in [6.45, 7) is 1.57. The van der Waals surface area contributed by atoms with Crippen LogP contribution in [0.4, 0.5) is 5.69 Å². The van der Waals surface area contributed by atoms with E-state index in [-0.39, 0.29) is 25.7 Å². The summed E-state index contributed by atoms with van der Waals surface area (Å²) in [5.74, 6) is -2.83. The summed E-state index contributed by atoms with van der Waals surface area (Å²) in [6.07, 6.45) is 0.595. The first-order chi connectivity index (χ1) is 13.9. The molecule has 0 radical (unpaired) electrons. The standard InChI is InChI=1S/C20H23ClN2O6/c1-2-28-19(27)14-13-7-8-20(29-13)15(14)18(26)23(9-10-24)16(20)17(25)22-12-6-4-3-5-11(12)21/h3-6,13-16,24H,2,7-10H2,1H3,(H,22,25)/t13-,14+,15+,16?,20?/m1/s1. The number of benzene rings is 1. The highest BCUT2D eigenvalue weighted by Crippen LogP contribution is 2.58. The van der Waals surface area contributed by atoms with Crippen LogP contribution in [0, 0.1) is 11.8 Å². The second-order valence-corrected chi connectivity index (χ2v) is 7.94. The SMILES string of the molecule is CCOC(=O)[C@@H]1[C@H]2C(=O)N(CCO)C(C(=O)Nc3ccccc3Cl)C23CC[C@H]1O3. The van der Waals surface area contributed by atoms with Gasteiger partial charge in [0.1, 0.15) is 11.6 Å². The first-order valence-corrected chi connectivity index (χ1v) is 10.1. The number of nitrogens with zero attached hydrogens (tertiary/aromatic N) is 1. The van der Waals surface area contributed by atoms with Gasteiger partial charge in [-0.05, 0) is 31.9 Å². The summed E-state index contributed by atoms with van der Waals surface area (Å²) in [4.78, 5) is 40.4. The van der Waals surface area contributed by atoms with E-state index in [0.29, 0.717) is 23.6 Å². The lowest BCUT2D eigenvalue weighted by molar-refractivity contribution is -0.154. The van der Waals surface area contributed by atoms with Crippen LogP contribution < -0.4 is 5.32 Å². The van der Waals surface area contributed by atoms with Crippen LogP contribution >= 0.6 is 11.6 Å². The molecule has 3 heterocycles. The molecule has 3 fully saturated rings. The van der Waals surface area contributed by atoms with Gasteiger partial charge < -0.3 is 24.8 Å².